The molecule has 0 amide bonds. The van der Waals surface area contributed by atoms with Gasteiger partial charge in [-0.3, -0.25) is 0 Å². The summed E-state index contributed by atoms with van der Waals surface area (Å²) in [5.41, 5.74) is -0.0933. The Morgan fingerprint density at radius 2 is 2.11 bits per heavy atom. The molecule has 0 spiro atoms. The van der Waals surface area contributed by atoms with Crippen molar-refractivity contribution in [2.45, 2.75) is 19.4 Å². The van der Waals surface area contributed by atoms with Gasteiger partial charge in [-0.25, -0.2) is 13.1 Å². The highest BCUT2D eigenvalue weighted by Gasteiger charge is 2.22. The SMILES string of the molecule is CC(C)(CNc1ccc2nnnn2n1)NS(C)(=O)=O. The zero-order valence-corrected chi connectivity index (χ0v) is 11.6. The maximum atomic E-state index is 11.2. The number of aromatic nitrogens is 5. The first-order chi connectivity index (χ1) is 8.75. The predicted octanol–water partition coefficient (Wildman–Crippen LogP) is -0.741. The minimum Gasteiger partial charge on any atom is -0.367 e. The minimum atomic E-state index is -3.26. The van der Waals surface area contributed by atoms with Crippen LogP contribution in [0.15, 0.2) is 12.1 Å². The van der Waals surface area contributed by atoms with E-state index in [2.05, 4.69) is 30.7 Å². The first kappa shape index (κ1) is 13.6. The molecule has 2 N–H and O–H groups in total. The Morgan fingerprint density at radius 1 is 1.37 bits per heavy atom. The monoisotopic (exact) mass is 285 g/mol. The zero-order chi connectivity index (χ0) is 14.1. The second-order valence-corrected chi connectivity index (χ2v) is 6.61. The van der Waals surface area contributed by atoms with Crippen LogP contribution in [0.1, 0.15) is 13.8 Å². The first-order valence-electron chi connectivity index (χ1n) is 5.53. The first-order valence-corrected chi connectivity index (χ1v) is 7.43. The molecule has 0 unspecified atom stereocenters. The Hall–Kier alpha value is -1.81. The number of hydrogen-bond donors (Lipinski definition) is 2. The van der Waals surface area contributed by atoms with Crippen LogP contribution in [0, 0.1) is 0 Å². The Labute approximate surface area is 110 Å². The fourth-order valence-electron chi connectivity index (χ4n) is 1.59. The molecule has 0 aliphatic rings. The summed E-state index contributed by atoms with van der Waals surface area (Å²) in [5.74, 6) is 0.558. The van der Waals surface area contributed by atoms with E-state index in [0.29, 0.717) is 18.0 Å². The molecule has 19 heavy (non-hydrogen) atoms. The standard InChI is InChI=1S/C9H15N7O2S/c1-9(2,13-19(3,17)18)6-10-7-4-5-8-11-14-15-16(8)12-7/h4-5,13H,6H2,1-3H3,(H,10,12). The van der Waals surface area contributed by atoms with Crippen molar-refractivity contribution in [3.8, 4) is 0 Å². The lowest BCUT2D eigenvalue weighted by molar-refractivity contribution is 0.475. The van der Waals surface area contributed by atoms with Crippen molar-refractivity contribution in [3.05, 3.63) is 12.1 Å². The Balaban J connectivity index is 2.05. The van der Waals surface area contributed by atoms with E-state index < -0.39 is 15.6 Å². The molecule has 2 aromatic heterocycles. The fourth-order valence-corrected chi connectivity index (χ4v) is 2.67. The number of rotatable bonds is 5. The van der Waals surface area contributed by atoms with E-state index in [-0.39, 0.29) is 0 Å². The number of hydrogen-bond acceptors (Lipinski definition) is 7. The van der Waals surface area contributed by atoms with Gasteiger partial charge in [0.25, 0.3) is 0 Å². The Bertz CT molecular complexity index is 679. The van der Waals surface area contributed by atoms with Crippen molar-refractivity contribution < 1.29 is 8.42 Å². The summed E-state index contributed by atoms with van der Waals surface area (Å²) in [7, 11) is -3.26. The lowest BCUT2D eigenvalue weighted by Crippen LogP contribution is -2.47. The molecule has 0 bridgehead atoms. The molecule has 0 aromatic carbocycles. The summed E-state index contributed by atoms with van der Waals surface area (Å²) < 4.78 is 26.2. The van der Waals surface area contributed by atoms with Crippen molar-refractivity contribution in [1.29, 1.82) is 0 Å². The van der Waals surface area contributed by atoms with Crippen LogP contribution in [0.3, 0.4) is 0 Å². The van der Waals surface area contributed by atoms with Gasteiger partial charge in [-0.15, -0.1) is 14.8 Å². The summed E-state index contributed by atoms with van der Waals surface area (Å²) in [6.45, 7) is 3.92. The van der Waals surface area contributed by atoms with Gasteiger partial charge in [-0.05, 0) is 36.4 Å². The molecule has 0 saturated heterocycles. The normalized spacial score (nSPS) is 12.8. The smallest absolute Gasteiger partial charge is 0.209 e. The molecule has 0 radical (unpaired) electrons. The second kappa shape index (κ2) is 4.70. The third-order valence-electron chi connectivity index (χ3n) is 2.24. The highest BCUT2D eigenvalue weighted by molar-refractivity contribution is 7.88. The number of fused-ring (bicyclic) bond motifs is 1. The van der Waals surface area contributed by atoms with E-state index in [4.69, 9.17) is 0 Å². The van der Waals surface area contributed by atoms with Crippen LogP contribution < -0.4 is 10.0 Å². The molecule has 0 aliphatic carbocycles. The van der Waals surface area contributed by atoms with Gasteiger partial charge in [0.1, 0.15) is 5.82 Å². The van der Waals surface area contributed by atoms with Gasteiger partial charge in [-0.1, -0.05) is 0 Å². The van der Waals surface area contributed by atoms with Crippen LogP contribution in [0.4, 0.5) is 5.82 Å². The summed E-state index contributed by atoms with van der Waals surface area (Å²) in [6.07, 6.45) is 1.13. The Kier molecular flexibility index (Phi) is 3.37. The van der Waals surface area contributed by atoms with Crippen molar-refractivity contribution in [2.24, 2.45) is 0 Å². The molecular weight excluding hydrogens is 270 g/mol. The topological polar surface area (TPSA) is 114 Å². The average Bonchev–Trinajstić information content (AvgIpc) is 2.70. The molecule has 9 nitrogen and oxygen atoms in total. The lowest BCUT2D eigenvalue weighted by atomic mass is 10.1. The molecule has 10 heteroatoms. The predicted molar refractivity (Wildman–Crippen MR) is 69.1 cm³/mol. The van der Waals surface area contributed by atoms with E-state index in [9.17, 15) is 8.42 Å². The van der Waals surface area contributed by atoms with Crippen molar-refractivity contribution in [2.75, 3.05) is 18.1 Å². The van der Waals surface area contributed by atoms with Gasteiger partial charge in [-0.2, -0.15) is 0 Å². The van der Waals surface area contributed by atoms with E-state index in [1.807, 2.05) is 0 Å². The Morgan fingerprint density at radius 3 is 2.79 bits per heavy atom. The molecular formula is C9H15N7O2S. The quantitative estimate of drug-likeness (QED) is 0.743. The van der Waals surface area contributed by atoms with E-state index in [1.165, 1.54) is 4.63 Å². The summed E-state index contributed by atoms with van der Waals surface area (Å²) in [4.78, 5) is 0. The van der Waals surface area contributed by atoms with Crippen LogP contribution in [0.25, 0.3) is 5.65 Å². The molecule has 104 valence electrons. The van der Waals surface area contributed by atoms with Gasteiger partial charge in [0, 0.05) is 12.1 Å². The van der Waals surface area contributed by atoms with Gasteiger partial charge in [0.05, 0.1) is 6.26 Å². The summed E-state index contributed by atoms with van der Waals surface area (Å²) >= 11 is 0. The zero-order valence-electron chi connectivity index (χ0n) is 10.8. The lowest BCUT2D eigenvalue weighted by Gasteiger charge is -2.25. The third kappa shape index (κ3) is 3.83. The maximum absolute atomic E-state index is 11.2. The summed E-state index contributed by atoms with van der Waals surface area (Å²) in [5, 5.41) is 18.1. The van der Waals surface area contributed by atoms with Gasteiger partial charge in [0.2, 0.25) is 10.0 Å². The van der Waals surface area contributed by atoms with Gasteiger partial charge in [0.15, 0.2) is 5.65 Å². The molecule has 0 fully saturated rings. The van der Waals surface area contributed by atoms with Crippen molar-refractivity contribution in [3.63, 3.8) is 0 Å². The van der Waals surface area contributed by atoms with E-state index in [1.54, 1.807) is 26.0 Å². The van der Waals surface area contributed by atoms with Gasteiger partial charge < -0.3 is 5.32 Å². The largest absolute Gasteiger partial charge is 0.367 e. The molecule has 2 aromatic rings. The molecule has 0 aliphatic heterocycles. The van der Waals surface area contributed by atoms with Crippen molar-refractivity contribution >= 4 is 21.5 Å². The van der Waals surface area contributed by atoms with Gasteiger partial charge >= 0.3 is 0 Å². The number of anilines is 1. The number of nitrogens with zero attached hydrogens (tertiary/aromatic N) is 5. The van der Waals surface area contributed by atoms with E-state index >= 15 is 0 Å². The molecule has 0 saturated carbocycles. The average molecular weight is 285 g/mol. The van der Waals surface area contributed by atoms with Crippen LogP contribution >= 0.6 is 0 Å². The van der Waals surface area contributed by atoms with Crippen LogP contribution in [0.5, 0.6) is 0 Å². The van der Waals surface area contributed by atoms with E-state index in [0.717, 1.165) is 6.26 Å². The minimum absolute atomic E-state index is 0.376. The molecule has 2 rings (SSSR count). The van der Waals surface area contributed by atoms with Crippen LogP contribution in [-0.2, 0) is 10.0 Å². The molecule has 0 atom stereocenters. The number of nitrogens with one attached hydrogen (secondary N) is 2. The number of sulfonamides is 1. The van der Waals surface area contributed by atoms with Crippen molar-refractivity contribution in [1.82, 2.24) is 30.0 Å². The highest BCUT2D eigenvalue weighted by atomic mass is 32.2. The van der Waals surface area contributed by atoms with Crippen LogP contribution in [0.2, 0.25) is 0 Å². The molecule has 2 heterocycles. The summed E-state index contributed by atoms with van der Waals surface area (Å²) in [6, 6.07) is 3.44. The maximum Gasteiger partial charge on any atom is 0.209 e. The second-order valence-electron chi connectivity index (χ2n) is 4.86. The van der Waals surface area contributed by atoms with Crippen LogP contribution in [-0.4, -0.2) is 52.0 Å². The third-order valence-corrected chi connectivity index (χ3v) is 3.17. The number of tetrazole rings is 1. The highest BCUT2D eigenvalue weighted by Crippen LogP contribution is 2.08. The fraction of sp³-hybridized carbons (Fsp3) is 0.556.